The summed E-state index contributed by atoms with van der Waals surface area (Å²) in [5, 5.41) is 9.22. The summed E-state index contributed by atoms with van der Waals surface area (Å²) in [6, 6.07) is 7.12. The second-order valence-corrected chi connectivity index (χ2v) is 8.51. The number of amides is 2. The summed E-state index contributed by atoms with van der Waals surface area (Å²) in [5.74, 6) is -0.439. The van der Waals surface area contributed by atoms with Gasteiger partial charge in [-0.3, -0.25) is 14.5 Å². The zero-order chi connectivity index (χ0) is 21.4. The smallest absolute Gasteiger partial charge is 0.241 e. The summed E-state index contributed by atoms with van der Waals surface area (Å²) in [6.07, 6.45) is 2.99. The molecule has 8 heteroatoms. The lowest BCUT2D eigenvalue weighted by molar-refractivity contribution is -0.141. The molecule has 2 bridgehead atoms. The number of carbonyl (C=O) groups is 2. The first kappa shape index (κ1) is 20.8. The van der Waals surface area contributed by atoms with Crippen LogP contribution in [0.5, 0.6) is 0 Å². The topological polar surface area (TPSA) is 93.7 Å². The fourth-order valence-corrected chi connectivity index (χ4v) is 5.29. The first-order valence-electron chi connectivity index (χ1n) is 10.7. The van der Waals surface area contributed by atoms with E-state index in [0.717, 1.165) is 24.8 Å². The van der Waals surface area contributed by atoms with E-state index in [1.54, 1.807) is 17.0 Å². The number of rotatable bonds is 6. The summed E-state index contributed by atoms with van der Waals surface area (Å²) >= 11 is 0. The molecular formula is C22H28FN5O2. The molecule has 30 heavy (non-hydrogen) atoms. The molecule has 1 aromatic carbocycles. The minimum atomic E-state index is -0.737. The molecule has 0 spiro atoms. The number of carbonyl (C=O) groups excluding carboxylic acids is 2. The molecule has 0 radical (unpaired) electrons. The number of hydrogen-bond donors (Lipinski definition) is 1. The molecule has 0 aliphatic carbocycles. The molecule has 0 saturated carbocycles. The fraction of sp³-hybridized carbons (Fsp3) is 0.591. The van der Waals surface area contributed by atoms with Gasteiger partial charge >= 0.3 is 0 Å². The van der Waals surface area contributed by atoms with Gasteiger partial charge in [-0.05, 0) is 43.4 Å². The predicted molar refractivity (Wildman–Crippen MR) is 108 cm³/mol. The Morgan fingerprint density at radius 3 is 2.73 bits per heavy atom. The maximum absolute atomic E-state index is 13.3. The maximum atomic E-state index is 13.3. The number of piperazine rings is 1. The number of likely N-dealkylation sites (tertiary alicyclic amines) is 3. The first-order valence-corrected chi connectivity index (χ1v) is 10.7. The fourth-order valence-electron chi connectivity index (χ4n) is 5.29. The van der Waals surface area contributed by atoms with E-state index in [0.29, 0.717) is 26.1 Å². The molecule has 7 nitrogen and oxygen atoms in total. The molecule has 0 aromatic heterocycles. The lowest BCUT2D eigenvalue weighted by atomic mass is 10.0. The molecule has 3 aliphatic rings. The number of benzene rings is 1. The Morgan fingerprint density at radius 2 is 2.10 bits per heavy atom. The van der Waals surface area contributed by atoms with Crippen LogP contribution >= 0.6 is 0 Å². The minimum Gasteiger partial charge on any atom is -0.330 e. The zero-order valence-electron chi connectivity index (χ0n) is 17.2. The predicted octanol–water partition coefficient (Wildman–Crippen LogP) is 1.40. The van der Waals surface area contributed by atoms with Crippen molar-refractivity contribution in [1.82, 2.24) is 14.7 Å². The molecule has 3 aliphatic heterocycles. The number of nitrogens with zero attached hydrogens (tertiary/aromatic N) is 4. The van der Waals surface area contributed by atoms with Crippen LogP contribution in [0.2, 0.25) is 0 Å². The van der Waals surface area contributed by atoms with Gasteiger partial charge in [0.25, 0.3) is 0 Å². The van der Waals surface area contributed by atoms with Gasteiger partial charge < -0.3 is 15.5 Å². The van der Waals surface area contributed by atoms with Gasteiger partial charge in [0.1, 0.15) is 11.9 Å². The quantitative estimate of drug-likeness (QED) is 0.761. The first-order chi connectivity index (χ1) is 14.4. The highest BCUT2D eigenvalue weighted by molar-refractivity contribution is 5.87. The van der Waals surface area contributed by atoms with Crippen LogP contribution in [0.1, 0.15) is 44.2 Å². The monoisotopic (exact) mass is 413 g/mol. The summed E-state index contributed by atoms with van der Waals surface area (Å²) in [5.41, 5.74) is 7.13. The van der Waals surface area contributed by atoms with Crippen LogP contribution in [-0.2, 0) is 9.59 Å². The Labute approximate surface area is 176 Å². The number of fused-ring (bicyclic) bond motifs is 2. The van der Waals surface area contributed by atoms with Crippen LogP contribution < -0.4 is 5.73 Å². The molecular weight excluding hydrogens is 385 g/mol. The van der Waals surface area contributed by atoms with Gasteiger partial charge in [0.15, 0.2) is 0 Å². The molecule has 3 fully saturated rings. The second kappa shape index (κ2) is 8.32. The summed E-state index contributed by atoms with van der Waals surface area (Å²) in [4.78, 5) is 31.4. The van der Waals surface area contributed by atoms with Gasteiger partial charge in [-0.1, -0.05) is 19.1 Å². The Balaban J connectivity index is 1.41. The lowest BCUT2D eigenvalue weighted by Crippen LogP contribution is -2.56. The van der Waals surface area contributed by atoms with Gasteiger partial charge in [0.2, 0.25) is 11.8 Å². The molecule has 3 heterocycles. The number of nitriles is 1. The SMILES string of the molecule is CC[C@@H](c1ccc(F)cc1)N1C(=O)[C@@H]2CC1CN2C[C@H](N)C(=O)N1CCC[C@H]1C#N. The number of nitrogens with two attached hydrogens (primary N) is 1. The highest BCUT2D eigenvalue weighted by Gasteiger charge is 2.52. The van der Waals surface area contributed by atoms with Crippen molar-refractivity contribution in [2.75, 3.05) is 19.6 Å². The third kappa shape index (κ3) is 3.57. The number of halogens is 1. The Morgan fingerprint density at radius 1 is 1.37 bits per heavy atom. The third-order valence-corrected chi connectivity index (χ3v) is 6.72. The van der Waals surface area contributed by atoms with Crippen molar-refractivity contribution >= 4 is 11.8 Å². The van der Waals surface area contributed by atoms with E-state index < -0.39 is 12.1 Å². The van der Waals surface area contributed by atoms with E-state index in [4.69, 9.17) is 5.73 Å². The van der Waals surface area contributed by atoms with Gasteiger partial charge in [0, 0.05) is 25.7 Å². The largest absolute Gasteiger partial charge is 0.330 e. The normalized spacial score (nSPS) is 28.1. The molecule has 4 rings (SSSR count). The van der Waals surface area contributed by atoms with E-state index in [1.165, 1.54) is 12.1 Å². The lowest BCUT2D eigenvalue weighted by Gasteiger charge is -2.39. The molecule has 160 valence electrons. The van der Waals surface area contributed by atoms with Crippen LogP contribution in [0.3, 0.4) is 0 Å². The van der Waals surface area contributed by atoms with Crippen molar-refractivity contribution in [3.05, 3.63) is 35.6 Å². The van der Waals surface area contributed by atoms with Gasteiger partial charge in [-0.25, -0.2) is 4.39 Å². The van der Waals surface area contributed by atoms with Crippen LogP contribution in [0.25, 0.3) is 0 Å². The van der Waals surface area contributed by atoms with Crippen molar-refractivity contribution in [2.45, 2.75) is 62.8 Å². The molecule has 3 saturated heterocycles. The van der Waals surface area contributed by atoms with E-state index in [2.05, 4.69) is 6.07 Å². The molecule has 2 amide bonds. The van der Waals surface area contributed by atoms with Crippen molar-refractivity contribution in [2.24, 2.45) is 5.73 Å². The Kier molecular flexibility index (Phi) is 5.76. The standard InChI is InChI=1S/C22H28FN5O2/c1-2-19(14-5-7-15(23)8-6-14)28-17-10-20(22(28)30)26(12-17)13-18(25)21(29)27-9-3-4-16(27)11-24/h5-8,16-20H,2-4,9-10,12-13,25H2,1H3/t16-,17?,18-,19-,20-/m0/s1. The van der Waals surface area contributed by atoms with Crippen LogP contribution in [-0.4, -0.2) is 70.3 Å². The van der Waals surface area contributed by atoms with Crippen molar-refractivity contribution in [3.63, 3.8) is 0 Å². The van der Waals surface area contributed by atoms with Crippen molar-refractivity contribution < 1.29 is 14.0 Å². The van der Waals surface area contributed by atoms with Gasteiger partial charge in [-0.15, -0.1) is 0 Å². The Hall–Kier alpha value is -2.50. The number of hydrogen-bond acceptors (Lipinski definition) is 5. The van der Waals surface area contributed by atoms with Crippen LogP contribution in [0.15, 0.2) is 24.3 Å². The van der Waals surface area contributed by atoms with Crippen LogP contribution in [0, 0.1) is 17.1 Å². The van der Waals surface area contributed by atoms with E-state index in [1.807, 2.05) is 16.7 Å². The van der Waals surface area contributed by atoms with Gasteiger partial charge in [0.05, 0.1) is 24.2 Å². The minimum absolute atomic E-state index is 0.0538. The summed E-state index contributed by atoms with van der Waals surface area (Å²) < 4.78 is 13.3. The average Bonchev–Trinajstić information content (AvgIpc) is 3.45. The zero-order valence-corrected chi connectivity index (χ0v) is 17.2. The van der Waals surface area contributed by atoms with Crippen molar-refractivity contribution in [3.8, 4) is 6.07 Å². The second-order valence-electron chi connectivity index (χ2n) is 8.51. The highest BCUT2D eigenvalue weighted by atomic mass is 19.1. The van der Waals surface area contributed by atoms with E-state index in [9.17, 15) is 19.2 Å². The summed E-state index contributed by atoms with van der Waals surface area (Å²) in [7, 11) is 0. The summed E-state index contributed by atoms with van der Waals surface area (Å²) in [6.45, 7) is 3.60. The van der Waals surface area contributed by atoms with Crippen molar-refractivity contribution in [1.29, 1.82) is 5.26 Å². The van der Waals surface area contributed by atoms with E-state index >= 15 is 0 Å². The molecule has 5 atom stereocenters. The third-order valence-electron chi connectivity index (χ3n) is 6.72. The average molecular weight is 413 g/mol. The Bertz CT molecular complexity index is 854. The maximum Gasteiger partial charge on any atom is 0.241 e. The highest BCUT2D eigenvalue weighted by Crippen LogP contribution is 2.39. The van der Waals surface area contributed by atoms with E-state index in [-0.39, 0.29) is 35.8 Å². The van der Waals surface area contributed by atoms with Crippen LogP contribution in [0.4, 0.5) is 4.39 Å². The molecule has 1 unspecified atom stereocenters. The molecule has 1 aromatic rings. The molecule has 2 N–H and O–H groups in total. The van der Waals surface area contributed by atoms with Gasteiger partial charge in [-0.2, -0.15) is 5.26 Å².